The van der Waals surface area contributed by atoms with Crippen LogP contribution in [-0.2, 0) is 4.79 Å². The van der Waals surface area contributed by atoms with Crippen LogP contribution >= 0.6 is 0 Å². The number of aldehydes is 1. The van der Waals surface area contributed by atoms with Gasteiger partial charge < -0.3 is 15.0 Å². The second-order valence-corrected chi connectivity index (χ2v) is 5.50. The minimum Gasteiger partial charge on any atom is -0.495 e. The number of hydrogen-bond acceptors (Lipinski definition) is 6. The smallest absolute Gasteiger partial charge is 0.212 e. The van der Waals surface area contributed by atoms with Gasteiger partial charge in [0.2, 0.25) is 5.96 Å². The standard InChI is InChI=1S/C9H11N3O.C7H12N4O/c1-10-8-3-6-5-11-12-7(6)4-9(8)13-2;1-5-6(4-12)3-11(9)7(8)10(5)2/h3-5,10H,1-2H3,(H,11,12);4,8H,3,9H2,1-2H3. The van der Waals surface area contributed by atoms with Gasteiger partial charge in [0.15, 0.2) is 0 Å². The van der Waals surface area contributed by atoms with Crippen LogP contribution in [0.3, 0.4) is 0 Å². The molecule has 1 aromatic carbocycles. The molecular formula is C16H23N7O2. The molecule has 0 radical (unpaired) electrons. The second kappa shape index (κ2) is 7.67. The zero-order valence-corrected chi connectivity index (χ0v) is 14.8. The van der Waals surface area contributed by atoms with Gasteiger partial charge in [-0.15, -0.1) is 0 Å². The van der Waals surface area contributed by atoms with E-state index in [1.54, 1.807) is 32.2 Å². The molecule has 0 amide bonds. The predicted molar refractivity (Wildman–Crippen MR) is 97.3 cm³/mol. The van der Waals surface area contributed by atoms with Crippen molar-refractivity contribution in [3.63, 3.8) is 0 Å². The third kappa shape index (κ3) is 3.72. The maximum atomic E-state index is 10.5. The monoisotopic (exact) mass is 345 g/mol. The lowest BCUT2D eigenvalue weighted by molar-refractivity contribution is -0.105. The van der Waals surface area contributed by atoms with E-state index in [0.29, 0.717) is 12.1 Å². The van der Waals surface area contributed by atoms with Gasteiger partial charge in [0, 0.05) is 36.8 Å². The van der Waals surface area contributed by atoms with Crippen molar-refractivity contribution in [2.45, 2.75) is 6.92 Å². The van der Waals surface area contributed by atoms with Crippen molar-refractivity contribution in [2.75, 3.05) is 33.1 Å². The molecule has 0 aliphatic carbocycles. The van der Waals surface area contributed by atoms with Crippen LogP contribution in [0, 0.1) is 5.41 Å². The first-order valence-electron chi connectivity index (χ1n) is 7.61. The average molecular weight is 345 g/mol. The zero-order chi connectivity index (χ0) is 18.6. The number of fused-ring (bicyclic) bond motifs is 1. The highest BCUT2D eigenvalue weighted by Crippen LogP contribution is 2.28. The van der Waals surface area contributed by atoms with Gasteiger partial charge in [-0.1, -0.05) is 0 Å². The Labute approximate surface area is 145 Å². The van der Waals surface area contributed by atoms with Crippen LogP contribution < -0.4 is 15.9 Å². The zero-order valence-electron chi connectivity index (χ0n) is 14.8. The molecule has 9 heteroatoms. The van der Waals surface area contributed by atoms with E-state index in [1.807, 2.05) is 19.2 Å². The molecule has 134 valence electrons. The molecule has 5 N–H and O–H groups in total. The largest absolute Gasteiger partial charge is 0.495 e. The molecule has 3 rings (SSSR count). The minimum atomic E-state index is 0.207. The molecule has 9 nitrogen and oxygen atoms in total. The fourth-order valence-electron chi connectivity index (χ4n) is 2.40. The summed E-state index contributed by atoms with van der Waals surface area (Å²) in [5.74, 6) is 6.50. The van der Waals surface area contributed by atoms with Crippen LogP contribution in [-0.4, -0.2) is 60.1 Å². The van der Waals surface area contributed by atoms with Crippen molar-refractivity contribution in [3.05, 3.63) is 29.6 Å². The Morgan fingerprint density at radius 3 is 2.80 bits per heavy atom. The van der Waals surface area contributed by atoms with Gasteiger partial charge in [-0.25, -0.2) is 5.84 Å². The van der Waals surface area contributed by atoms with Crippen molar-refractivity contribution in [1.29, 1.82) is 5.41 Å². The number of carbonyl (C=O) groups excluding carboxylic acids is 1. The molecule has 25 heavy (non-hydrogen) atoms. The van der Waals surface area contributed by atoms with Gasteiger partial charge in [0.05, 0.1) is 31.1 Å². The Balaban J connectivity index is 0.000000181. The minimum absolute atomic E-state index is 0.207. The van der Waals surface area contributed by atoms with Crippen molar-refractivity contribution < 1.29 is 9.53 Å². The van der Waals surface area contributed by atoms with E-state index in [0.717, 1.165) is 34.3 Å². The summed E-state index contributed by atoms with van der Waals surface area (Å²) in [4.78, 5) is 12.1. The van der Waals surface area contributed by atoms with E-state index in [4.69, 9.17) is 16.0 Å². The Morgan fingerprint density at radius 2 is 2.20 bits per heavy atom. The Hall–Kier alpha value is -3.07. The lowest BCUT2D eigenvalue weighted by Crippen LogP contribution is -2.50. The summed E-state index contributed by atoms with van der Waals surface area (Å²) >= 11 is 0. The first kappa shape index (κ1) is 18.3. The molecule has 0 spiro atoms. The number of guanidine groups is 1. The van der Waals surface area contributed by atoms with Gasteiger partial charge >= 0.3 is 0 Å². The summed E-state index contributed by atoms with van der Waals surface area (Å²) in [6, 6.07) is 3.92. The lowest BCUT2D eigenvalue weighted by Gasteiger charge is -2.33. The number of benzene rings is 1. The number of anilines is 1. The molecule has 1 aromatic heterocycles. The maximum Gasteiger partial charge on any atom is 0.212 e. The van der Waals surface area contributed by atoms with Gasteiger partial charge in [0.25, 0.3) is 0 Å². The molecule has 2 aromatic rings. The van der Waals surface area contributed by atoms with E-state index in [-0.39, 0.29) is 5.96 Å². The van der Waals surface area contributed by atoms with Crippen LogP contribution in [0.25, 0.3) is 10.9 Å². The van der Waals surface area contributed by atoms with Crippen LogP contribution in [0.15, 0.2) is 29.6 Å². The Kier molecular flexibility index (Phi) is 5.60. The number of allylic oxidation sites excluding steroid dienone is 1. The number of hydrogen-bond donors (Lipinski definition) is 4. The van der Waals surface area contributed by atoms with Crippen molar-refractivity contribution in [1.82, 2.24) is 20.1 Å². The topological polar surface area (TPSA) is 123 Å². The number of ether oxygens (including phenoxy) is 1. The normalized spacial score (nSPS) is 14.4. The number of nitrogens with two attached hydrogens (primary N) is 1. The van der Waals surface area contributed by atoms with Crippen molar-refractivity contribution in [2.24, 2.45) is 5.84 Å². The molecule has 0 bridgehead atoms. The molecule has 0 fully saturated rings. The molecule has 0 unspecified atom stereocenters. The van der Waals surface area contributed by atoms with Gasteiger partial charge in [0.1, 0.15) is 12.0 Å². The van der Waals surface area contributed by atoms with E-state index < -0.39 is 0 Å². The number of hydrazine groups is 1. The summed E-state index contributed by atoms with van der Waals surface area (Å²) in [6.45, 7) is 2.11. The third-order valence-corrected chi connectivity index (χ3v) is 4.07. The molecule has 2 heterocycles. The number of nitrogens with zero attached hydrogens (tertiary/aromatic N) is 3. The fraction of sp³-hybridized carbons (Fsp3) is 0.312. The van der Waals surface area contributed by atoms with Crippen LogP contribution in [0.5, 0.6) is 5.75 Å². The molecule has 0 saturated heterocycles. The number of methoxy groups -OCH3 is 1. The number of rotatable bonds is 3. The highest BCUT2D eigenvalue weighted by atomic mass is 16.5. The molecule has 1 aliphatic heterocycles. The van der Waals surface area contributed by atoms with Crippen LogP contribution in [0.2, 0.25) is 0 Å². The van der Waals surface area contributed by atoms with Gasteiger partial charge in [-0.2, -0.15) is 5.10 Å². The van der Waals surface area contributed by atoms with Crippen molar-refractivity contribution >= 4 is 28.8 Å². The van der Waals surface area contributed by atoms with E-state index in [2.05, 4.69) is 15.5 Å². The summed E-state index contributed by atoms with van der Waals surface area (Å²) in [7, 11) is 5.22. The Morgan fingerprint density at radius 1 is 1.48 bits per heavy atom. The summed E-state index contributed by atoms with van der Waals surface area (Å²) < 4.78 is 5.20. The number of H-pyrrole nitrogens is 1. The summed E-state index contributed by atoms with van der Waals surface area (Å²) in [6.07, 6.45) is 2.56. The highest BCUT2D eigenvalue weighted by Gasteiger charge is 2.21. The molecular weight excluding hydrogens is 322 g/mol. The first-order valence-corrected chi connectivity index (χ1v) is 7.61. The lowest BCUT2D eigenvalue weighted by atomic mass is 10.2. The third-order valence-electron chi connectivity index (χ3n) is 4.07. The van der Waals surface area contributed by atoms with Gasteiger partial charge in [-0.05, 0) is 13.0 Å². The fourth-order valence-corrected chi connectivity index (χ4v) is 2.40. The molecule has 1 aliphatic rings. The maximum absolute atomic E-state index is 10.5. The number of aromatic nitrogens is 2. The second-order valence-electron chi connectivity index (χ2n) is 5.50. The number of aromatic amines is 1. The average Bonchev–Trinajstić information content (AvgIpc) is 3.09. The SMILES string of the molecule is CC1=C(C=O)CN(N)C(=N)N1C.CNc1cc2cn[nH]c2cc1OC. The number of nitrogens with one attached hydrogen (secondary N) is 3. The van der Waals surface area contributed by atoms with Gasteiger partial charge in [-0.3, -0.25) is 20.3 Å². The summed E-state index contributed by atoms with van der Waals surface area (Å²) in [5.41, 5.74) is 3.36. The molecule has 0 saturated carbocycles. The highest BCUT2D eigenvalue weighted by molar-refractivity contribution is 5.86. The quantitative estimate of drug-likeness (QED) is 0.485. The Bertz CT molecular complexity index is 774. The molecule has 0 atom stereocenters. The summed E-state index contributed by atoms with van der Waals surface area (Å²) in [5, 5.41) is 19.7. The van der Waals surface area contributed by atoms with Crippen LogP contribution in [0.4, 0.5) is 5.69 Å². The van der Waals surface area contributed by atoms with E-state index in [9.17, 15) is 4.79 Å². The van der Waals surface area contributed by atoms with E-state index in [1.165, 1.54) is 5.01 Å². The number of carbonyl (C=O) groups is 1. The first-order chi connectivity index (χ1) is 11.9. The predicted octanol–water partition coefficient (Wildman–Crippen LogP) is 1.13. The van der Waals surface area contributed by atoms with Crippen molar-refractivity contribution in [3.8, 4) is 5.75 Å². The van der Waals surface area contributed by atoms with E-state index >= 15 is 0 Å². The van der Waals surface area contributed by atoms with Crippen LogP contribution in [0.1, 0.15) is 6.92 Å².